The molecule has 1 saturated heterocycles. The minimum atomic E-state index is -1.62. The Labute approximate surface area is 196 Å². The third-order valence-corrected chi connectivity index (χ3v) is 10.8. The molecule has 4 saturated carbocycles. The molecule has 5 aliphatic rings. The normalized spacial score (nSPS) is 50.0. The summed E-state index contributed by atoms with van der Waals surface area (Å²) in [6.45, 7) is 8.14. The highest BCUT2D eigenvalue weighted by molar-refractivity contribution is 6.10. The van der Waals surface area contributed by atoms with Gasteiger partial charge in [-0.25, -0.2) is 4.79 Å². The Morgan fingerprint density at radius 1 is 1.00 bits per heavy atom. The van der Waals surface area contributed by atoms with Gasteiger partial charge in [0.2, 0.25) is 0 Å². The fourth-order valence-electron chi connectivity index (χ4n) is 9.33. The van der Waals surface area contributed by atoms with Gasteiger partial charge in [-0.1, -0.05) is 13.8 Å². The minimum absolute atomic E-state index is 0.0568. The maximum absolute atomic E-state index is 12.9. The fourth-order valence-corrected chi connectivity index (χ4v) is 9.33. The third-order valence-electron chi connectivity index (χ3n) is 10.8. The maximum Gasteiger partial charge on any atom is 0.351 e. The zero-order valence-corrected chi connectivity index (χ0v) is 20.5. The number of esters is 2. The molecule has 0 aromatic carbocycles. The molecule has 1 amide bonds. The first-order valence-corrected chi connectivity index (χ1v) is 12.9. The second-order valence-electron chi connectivity index (χ2n) is 11.9. The molecule has 1 spiro atoms. The first-order chi connectivity index (χ1) is 15.6. The van der Waals surface area contributed by atoms with Gasteiger partial charge in [-0.3, -0.25) is 9.59 Å². The van der Waals surface area contributed by atoms with Crippen molar-refractivity contribution in [3.63, 3.8) is 0 Å². The quantitative estimate of drug-likeness (QED) is 0.390. The lowest BCUT2D eigenvalue weighted by Crippen LogP contribution is -2.57. The highest BCUT2D eigenvalue weighted by Gasteiger charge is 2.88. The van der Waals surface area contributed by atoms with Crippen LogP contribution in [0.3, 0.4) is 0 Å². The van der Waals surface area contributed by atoms with Crippen molar-refractivity contribution in [2.75, 3.05) is 6.61 Å². The molecule has 7 nitrogen and oxygen atoms in total. The van der Waals surface area contributed by atoms with Crippen LogP contribution in [-0.2, 0) is 28.6 Å². The number of hydrogen-bond acceptors (Lipinski definition) is 6. The van der Waals surface area contributed by atoms with E-state index in [-0.39, 0.29) is 29.5 Å². The Hall–Kier alpha value is -1.63. The topological polar surface area (TPSA) is 108 Å². The van der Waals surface area contributed by atoms with E-state index in [1.807, 2.05) is 0 Å². The summed E-state index contributed by atoms with van der Waals surface area (Å²) in [7, 11) is 0. The Morgan fingerprint density at radius 2 is 1.73 bits per heavy atom. The van der Waals surface area contributed by atoms with Gasteiger partial charge in [0, 0.05) is 12.3 Å². The van der Waals surface area contributed by atoms with Gasteiger partial charge in [-0.2, -0.15) is 0 Å². The highest BCUT2D eigenvalue weighted by Crippen LogP contribution is 2.76. The number of ether oxygens (including phenoxy) is 3. The molecule has 0 aromatic rings. The van der Waals surface area contributed by atoms with Crippen molar-refractivity contribution in [2.24, 2.45) is 40.2 Å². The average Bonchev–Trinajstić information content (AvgIpc) is 3.36. The summed E-state index contributed by atoms with van der Waals surface area (Å²) in [5.41, 5.74) is 3.34. The maximum atomic E-state index is 12.9. The first kappa shape index (κ1) is 23.1. The summed E-state index contributed by atoms with van der Waals surface area (Å²) >= 11 is 0. The van der Waals surface area contributed by atoms with Gasteiger partial charge < -0.3 is 19.9 Å². The number of hydrogen-bond donors (Lipinski definition) is 1. The summed E-state index contributed by atoms with van der Waals surface area (Å²) in [5.74, 6) is 0.684. The molecule has 0 aromatic heterocycles. The first-order valence-electron chi connectivity index (χ1n) is 12.9. The molecule has 0 unspecified atom stereocenters. The van der Waals surface area contributed by atoms with Crippen molar-refractivity contribution in [1.29, 1.82) is 0 Å². The number of carbonyl (C=O) groups is 3. The standard InChI is InChI=1S/C26H39NO6/c1-5-31-22(30)26(21(27)29)25(33-26)13-10-20-18-7-6-16-14-17(32-15(2)28)8-11-23(16,3)19(18)9-12-24(20,25)4/h16-20H,5-14H2,1-4H3,(H2,27,29)/t16-,17-,18-,19+,20-,23+,24+,25-,26-/m1/s1. The zero-order chi connectivity index (χ0) is 23.8. The van der Waals surface area contributed by atoms with Crippen molar-refractivity contribution < 1.29 is 28.6 Å². The minimum Gasteiger partial charge on any atom is -0.463 e. The van der Waals surface area contributed by atoms with E-state index in [0.29, 0.717) is 30.1 Å². The van der Waals surface area contributed by atoms with Crippen LogP contribution in [-0.4, -0.2) is 41.8 Å². The molecular formula is C26H39NO6. The van der Waals surface area contributed by atoms with Crippen LogP contribution in [0.5, 0.6) is 0 Å². The van der Waals surface area contributed by atoms with Crippen molar-refractivity contribution >= 4 is 17.8 Å². The molecule has 5 fully saturated rings. The summed E-state index contributed by atoms with van der Waals surface area (Å²) in [5, 5.41) is 0. The van der Waals surface area contributed by atoms with Crippen LogP contribution in [0, 0.1) is 34.5 Å². The lowest BCUT2D eigenvalue weighted by molar-refractivity contribution is -0.160. The van der Waals surface area contributed by atoms with Crippen LogP contribution in [0.15, 0.2) is 0 Å². The van der Waals surface area contributed by atoms with Gasteiger partial charge in [0.1, 0.15) is 11.7 Å². The predicted octanol–water partition coefficient (Wildman–Crippen LogP) is 3.52. The van der Waals surface area contributed by atoms with Gasteiger partial charge in [-0.05, 0) is 93.8 Å². The van der Waals surface area contributed by atoms with Gasteiger partial charge in [-0.15, -0.1) is 0 Å². The van der Waals surface area contributed by atoms with Crippen LogP contribution in [0.25, 0.3) is 0 Å². The van der Waals surface area contributed by atoms with Crippen molar-refractivity contribution in [1.82, 2.24) is 0 Å². The number of carbonyl (C=O) groups excluding carboxylic acids is 3. The molecule has 33 heavy (non-hydrogen) atoms. The molecule has 1 aliphatic heterocycles. The molecule has 1 heterocycles. The van der Waals surface area contributed by atoms with E-state index >= 15 is 0 Å². The monoisotopic (exact) mass is 461 g/mol. The van der Waals surface area contributed by atoms with E-state index in [4.69, 9.17) is 19.9 Å². The van der Waals surface area contributed by atoms with E-state index in [1.165, 1.54) is 6.92 Å². The summed E-state index contributed by atoms with van der Waals surface area (Å²) in [6.07, 6.45) is 9.02. The smallest absolute Gasteiger partial charge is 0.351 e. The number of epoxide rings is 1. The molecular weight excluding hydrogens is 422 g/mol. The molecule has 5 rings (SSSR count). The van der Waals surface area contributed by atoms with Gasteiger partial charge in [0.05, 0.1) is 6.61 Å². The lowest BCUT2D eigenvalue weighted by Gasteiger charge is -2.60. The molecule has 2 N–H and O–H groups in total. The lowest BCUT2D eigenvalue weighted by atomic mass is 9.44. The molecule has 9 atom stereocenters. The van der Waals surface area contributed by atoms with Crippen molar-refractivity contribution in [2.45, 2.75) is 103 Å². The van der Waals surface area contributed by atoms with Crippen LogP contribution in [0.2, 0.25) is 0 Å². The summed E-state index contributed by atoms with van der Waals surface area (Å²) < 4.78 is 17.0. The highest BCUT2D eigenvalue weighted by atomic mass is 16.7. The number of nitrogens with two attached hydrogens (primary N) is 1. The molecule has 0 radical (unpaired) electrons. The van der Waals surface area contributed by atoms with E-state index in [1.54, 1.807) is 6.92 Å². The Morgan fingerprint density at radius 3 is 2.39 bits per heavy atom. The number of rotatable bonds is 4. The molecule has 184 valence electrons. The van der Waals surface area contributed by atoms with Crippen LogP contribution in [0.4, 0.5) is 0 Å². The SMILES string of the molecule is CCOC(=O)[C@@]1(C(N)=O)O[C@@]12CC[C@@H]1[C@@H]3CC[C@@H]4C[C@H](OC(C)=O)CC[C@]4(C)[C@H]3CC[C@@]12C. The second-order valence-corrected chi connectivity index (χ2v) is 11.9. The third kappa shape index (κ3) is 2.86. The Balaban J connectivity index is 1.39. The van der Waals surface area contributed by atoms with E-state index in [9.17, 15) is 14.4 Å². The van der Waals surface area contributed by atoms with Crippen LogP contribution >= 0.6 is 0 Å². The van der Waals surface area contributed by atoms with E-state index in [0.717, 1.165) is 51.4 Å². The van der Waals surface area contributed by atoms with Crippen LogP contribution in [0.1, 0.15) is 85.5 Å². The molecule has 4 aliphatic carbocycles. The Bertz CT molecular complexity index is 875. The van der Waals surface area contributed by atoms with E-state index in [2.05, 4.69) is 13.8 Å². The van der Waals surface area contributed by atoms with Crippen molar-refractivity contribution in [3.8, 4) is 0 Å². The number of amides is 1. The zero-order valence-electron chi connectivity index (χ0n) is 20.5. The Kier molecular flexibility index (Phi) is 5.21. The second kappa shape index (κ2) is 7.43. The average molecular weight is 462 g/mol. The number of primary amides is 1. The summed E-state index contributed by atoms with van der Waals surface area (Å²) in [6, 6.07) is 0. The fraction of sp³-hybridized carbons (Fsp3) is 0.885. The van der Waals surface area contributed by atoms with E-state index < -0.39 is 23.1 Å². The van der Waals surface area contributed by atoms with Gasteiger partial charge >= 0.3 is 11.9 Å². The largest absolute Gasteiger partial charge is 0.463 e. The molecule has 7 heteroatoms. The van der Waals surface area contributed by atoms with Crippen molar-refractivity contribution in [3.05, 3.63) is 0 Å². The number of fused-ring (bicyclic) bond motifs is 6. The van der Waals surface area contributed by atoms with Crippen LogP contribution < -0.4 is 5.73 Å². The van der Waals surface area contributed by atoms with Gasteiger partial charge in [0.15, 0.2) is 0 Å². The predicted molar refractivity (Wildman–Crippen MR) is 120 cm³/mol. The summed E-state index contributed by atoms with van der Waals surface area (Å²) in [4.78, 5) is 37.0. The molecule has 0 bridgehead atoms. The van der Waals surface area contributed by atoms with Gasteiger partial charge in [0.25, 0.3) is 11.5 Å².